The molecule has 0 saturated heterocycles. The molecule has 3 nitrogen and oxygen atoms in total. The smallest absolute Gasteiger partial charge is 0.0681 e. The Hall–Kier alpha value is -1.61. The maximum absolute atomic E-state index is 8.86. The van der Waals surface area contributed by atoms with Gasteiger partial charge < -0.3 is 10.8 Å². The largest absolute Gasteiger partial charge is 0.404 e. The SMILES string of the molecule is CN=CC(=CN)c1ccc(CO)cc1. The molecule has 0 amide bonds. The van der Waals surface area contributed by atoms with Crippen LogP contribution in [-0.2, 0) is 6.61 Å². The fourth-order valence-corrected chi connectivity index (χ4v) is 1.16. The molecular formula is C11H14N2O. The molecule has 1 aromatic rings. The summed E-state index contributed by atoms with van der Waals surface area (Å²) in [6.07, 6.45) is 3.22. The van der Waals surface area contributed by atoms with Gasteiger partial charge in [0.2, 0.25) is 0 Å². The third-order valence-electron chi connectivity index (χ3n) is 1.92. The maximum Gasteiger partial charge on any atom is 0.0681 e. The van der Waals surface area contributed by atoms with E-state index in [1.165, 1.54) is 6.20 Å². The Morgan fingerprint density at radius 2 is 2.07 bits per heavy atom. The lowest BCUT2D eigenvalue weighted by atomic mass is 10.1. The molecule has 0 aromatic heterocycles. The minimum Gasteiger partial charge on any atom is -0.404 e. The first kappa shape index (κ1) is 10.5. The first-order valence-corrected chi connectivity index (χ1v) is 4.36. The van der Waals surface area contributed by atoms with Crippen molar-refractivity contribution in [3.8, 4) is 0 Å². The van der Waals surface area contributed by atoms with E-state index in [9.17, 15) is 0 Å². The van der Waals surface area contributed by atoms with E-state index in [1.54, 1.807) is 13.3 Å². The van der Waals surface area contributed by atoms with Crippen molar-refractivity contribution in [2.75, 3.05) is 7.05 Å². The van der Waals surface area contributed by atoms with Gasteiger partial charge in [-0.2, -0.15) is 0 Å². The van der Waals surface area contributed by atoms with Crippen LogP contribution >= 0.6 is 0 Å². The predicted octanol–water partition coefficient (Wildman–Crippen LogP) is 1.18. The lowest BCUT2D eigenvalue weighted by Crippen LogP contribution is -1.92. The third kappa shape index (κ3) is 2.44. The zero-order valence-electron chi connectivity index (χ0n) is 8.14. The lowest BCUT2D eigenvalue weighted by Gasteiger charge is -2.01. The number of allylic oxidation sites excluding steroid dienone is 1. The number of hydrogen-bond donors (Lipinski definition) is 2. The van der Waals surface area contributed by atoms with Gasteiger partial charge in [0, 0.05) is 25.0 Å². The summed E-state index contributed by atoms with van der Waals surface area (Å²) in [4.78, 5) is 3.90. The van der Waals surface area contributed by atoms with Crippen LogP contribution < -0.4 is 5.73 Å². The molecule has 14 heavy (non-hydrogen) atoms. The second kappa shape index (κ2) is 5.19. The van der Waals surface area contributed by atoms with Crippen LogP contribution in [0.1, 0.15) is 11.1 Å². The topological polar surface area (TPSA) is 58.6 Å². The highest BCUT2D eigenvalue weighted by Crippen LogP contribution is 2.12. The molecule has 74 valence electrons. The Morgan fingerprint density at radius 1 is 1.43 bits per heavy atom. The molecule has 1 aromatic carbocycles. The predicted molar refractivity (Wildman–Crippen MR) is 58.9 cm³/mol. The molecule has 0 unspecified atom stereocenters. The van der Waals surface area contributed by atoms with Gasteiger partial charge in [0.25, 0.3) is 0 Å². The minimum atomic E-state index is 0.0593. The number of nitrogens with two attached hydrogens (primary N) is 1. The maximum atomic E-state index is 8.86. The Labute approximate surface area is 83.6 Å². The zero-order chi connectivity index (χ0) is 10.4. The van der Waals surface area contributed by atoms with Crippen LogP contribution in [0.25, 0.3) is 5.57 Å². The molecule has 0 aliphatic heterocycles. The van der Waals surface area contributed by atoms with E-state index in [0.717, 1.165) is 16.7 Å². The number of hydrogen-bond acceptors (Lipinski definition) is 3. The fourth-order valence-electron chi connectivity index (χ4n) is 1.16. The monoisotopic (exact) mass is 190 g/mol. The Kier molecular flexibility index (Phi) is 3.88. The first-order valence-electron chi connectivity index (χ1n) is 4.36. The molecule has 0 radical (unpaired) electrons. The Bertz CT molecular complexity index is 339. The van der Waals surface area contributed by atoms with Gasteiger partial charge in [-0.3, -0.25) is 4.99 Å². The molecule has 0 fully saturated rings. The molecule has 0 spiro atoms. The summed E-state index contributed by atoms with van der Waals surface area (Å²) < 4.78 is 0. The van der Waals surface area contributed by atoms with E-state index < -0.39 is 0 Å². The van der Waals surface area contributed by atoms with Crippen molar-refractivity contribution >= 4 is 11.8 Å². The van der Waals surface area contributed by atoms with E-state index in [0.29, 0.717) is 0 Å². The van der Waals surface area contributed by atoms with Crippen molar-refractivity contribution in [3.63, 3.8) is 0 Å². The molecule has 0 bridgehead atoms. The lowest BCUT2D eigenvalue weighted by molar-refractivity contribution is 0.282. The quantitative estimate of drug-likeness (QED) is 0.703. The summed E-state index contributed by atoms with van der Waals surface area (Å²) in [5, 5.41) is 8.86. The van der Waals surface area contributed by atoms with E-state index in [1.807, 2.05) is 24.3 Å². The highest BCUT2D eigenvalue weighted by molar-refractivity contribution is 6.09. The van der Waals surface area contributed by atoms with E-state index >= 15 is 0 Å². The van der Waals surface area contributed by atoms with Crippen LogP contribution in [0.4, 0.5) is 0 Å². The standard InChI is InChI=1S/C11H14N2O/c1-13-7-11(6-12)10-4-2-9(8-14)3-5-10/h2-7,14H,8,12H2,1H3. The van der Waals surface area contributed by atoms with Crippen LogP contribution in [0.2, 0.25) is 0 Å². The van der Waals surface area contributed by atoms with E-state index in [4.69, 9.17) is 10.8 Å². The summed E-state index contributed by atoms with van der Waals surface area (Å²) >= 11 is 0. The summed E-state index contributed by atoms with van der Waals surface area (Å²) in [5.74, 6) is 0. The van der Waals surface area contributed by atoms with Crippen LogP contribution in [0.3, 0.4) is 0 Å². The van der Waals surface area contributed by atoms with Crippen molar-refractivity contribution in [1.82, 2.24) is 0 Å². The molecule has 3 heteroatoms. The average Bonchev–Trinajstić information content (AvgIpc) is 2.26. The van der Waals surface area contributed by atoms with E-state index in [2.05, 4.69) is 4.99 Å². The summed E-state index contributed by atoms with van der Waals surface area (Å²) in [7, 11) is 1.70. The van der Waals surface area contributed by atoms with Gasteiger partial charge in [0.05, 0.1) is 6.61 Å². The molecule has 3 N–H and O–H groups in total. The van der Waals surface area contributed by atoms with Gasteiger partial charge in [0.1, 0.15) is 0 Å². The highest BCUT2D eigenvalue weighted by atomic mass is 16.3. The number of aliphatic hydroxyl groups is 1. The van der Waals surface area contributed by atoms with Gasteiger partial charge in [-0.05, 0) is 11.1 Å². The van der Waals surface area contributed by atoms with Gasteiger partial charge in [-0.1, -0.05) is 24.3 Å². The van der Waals surface area contributed by atoms with Gasteiger partial charge in [0.15, 0.2) is 0 Å². The second-order valence-electron chi connectivity index (χ2n) is 2.86. The molecule has 0 saturated carbocycles. The molecular weight excluding hydrogens is 176 g/mol. The van der Waals surface area contributed by atoms with Gasteiger partial charge in [-0.15, -0.1) is 0 Å². The molecule has 0 aliphatic rings. The van der Waals surface area contributed by atoms with Crippen molar-refractivity contribution in [1.29, 1.82) is 0 Å². The summed E-state index contributed by atoms with van der Waals surface area (Å²) in [6, 6.07) is 7.54. The number of benzene rings is 1. The fraction of sp³-hybridized carbons (Fsp3) is 0.182. The average molecular weight is 190 g/mol. The van der Waals surface area contributed by atoms with Crippen molar-refractivity contribution < 1.29 is 5.11 Å². The van der Waals surface area contributed by atoms with Crippen LogP contribution in [-0.4, -0.2) is 18.4 Å². The molecule has 0 aliphatic carbocycles. The number of rotatable bonds is 3. The Balaban J connectivity index is 2.96. The second-order valence-corrected chi connectivity index (χ2v) is 2.86. The first-order chi connectivity index (χ1) is 6.81. The number of aliphatic hydroxyl groups excluding tert-OH is 1. The van der Waals surface area contributed by atoms with Crippen molar-refractivity contribution in [3.05, 3.63) is 41.6 Å². The van der Waals surface area contributed by atoms with Crippen LogP contribution in [0.15, 0.2) is 35.5 Å². The van der Waals surface area contributed by atoms with Gasteiger partial charge >= 0.3 is 0 Å². The molecule has 0 heterocycles. The number of aliphatic imine (C=N–C) groups is 1. The molecule has 0 atom stereocenters. The van der Waals surface area contributed by atoms with Crippen molar-refractivity contribution in [2.24, 2.45) is 10.7 Å². The highest BCUT2D eigenvalue weighted by Gasteiger charge is 1.97. The summed E-state index contributed by atoms with van der Waals surface area (Å²) in [6.45, 7) is 0.0593. The van der Waals surface area contributed by atoms with Crippen LogP contribution in [0, 0.1) is 0 Å². The number of nitrogens with zero attached hydrogens (tertiary/aromatic N) is 1. The molecule has 1 rings (SSSR count). The summed E-state index contributed by atoms with van der Waals surface area (Å²) in [5.41, 5.74) is 8.21. The van der Waals surface area contributed by atoms with E-state index in [-0.39, 0.29) is 6.61 Å². The minimum absolute atomic E-state index is 0.0593. The van der Waals surface area contributed by atoms with Gasteiger partial charge in [-0.25, -0.2) is 0 Å². The third-order valence-corrected chi connectivity index (χ3v) is 1.92. The normalized spacial score (nSPS) is 12.3. The van der Waals surface area contributed by atoms with Crippen molar-refractivity contribution in [2.45, 2.75) is 6.61 Å². The van der Waals surface area contributed by atoms with Crippen LogP contribution in [0.5, 0.6) is 0 Å². The zero-order valence-corrected chi connectivity index (χ0v) is 8.14. The Morgan fingerprint density at radius 3 is 2.50 bits per heavy atom.